The lowest BCUT2D eigenvalue weighted by molar-refractivity contribution is -0.126. The van der Waals surface area contributed by atoms with Crippen molar-refractivity contribution in [1.29, 1.82) is 0 Å². The quantitative estimate of drug-likeness (QED) is 0.297. The van der Waals surface area contributed by atoms with E-state index in [2.05, 4.69) is 42.8 Å². The number of halogens is 1. The number of rotatable bonds is 10. The lowest BCUT2D eigenvalue weighted by Crippen LogP contribution is -2.52. The van der Waals surface area contributed by atoms with Crippen molar-refractivity contribution in [3.05, 3.63) is 53.5 Å². The van der Waals surface area contributed by atoms with Gasteiger partial charge in [-0.15, -0.1) is 0 Å². The van der Waals surface area contributed by atoms with E-state index < -0.39 is 24.2 Å². The van der Waals surface area contributed by atoms with Crippen LogP contribution in [0.2, 0.25) is 0 Å². The fourth-order valence-corrected chi connectivity index (χ4v) is 5.28. The first-order valence-corrected chi connectivity index (χ1v) is 13.8. The number of oxime groups is 1. The molecule has 0 spiro atoms. The van der Waals surface area contributed by atoms with Gasteiger partial charge in [-0.3, -0.25) is 14.5 Å². The van der Waals surface area contributed by atoms with Crippen molar-refractivity contribution in [3.8, 4) is 0 Å². The largest absolute Gasteiger partial charge is 0.399 e. The lowest BCUT2D eigenvalue weighted by atomic mass is 10.00. The number of hydrogen-bond acceptors (Lipinski definition) is 9. The zero-order chi connectivity index (χ0) is 28.1. The predicted octanol–water partition coefficient (Wildman–Crippen LogP) is 1.39. The Hall–Kier alpha value is -3.64. The normalized spacial score (nSPS) is 22.3. The molecular formula is C28H36FN7O4. The summed E-state index contributed by atoms with van der Waals surface area (Å²) >= 11 is 0. The Morgan fingerprint density at radius 2 is 2.00 bits per heavy atom. The van der Waals surface area contributed by atoms with Crippen LogP contribution in [0.25, 0.3) is 0 Å². The number of nitrogens with zero attached hydrogens (tertiary/aromatic N) is 5. The molecule has 2 fully saturated rings. The molecule has 1 saturated carbocycles. The Morgan fingerprint density at radius 1 is 1.20 bits per heavy atom. The topological polar surface area (TPSA) is 132 Å². The van der Waals surface area contributed by atoms with Gasteiger partial charge in [-0.05, 0) is 36.8 Å². The van der Waals surface area contributed by atoms with Gasteiger partial charge in [0.25, 0.3) is 11.8 Å². The minimum absolute atomic E-state index is 0.0646. The highest BCUT2D eigenvalue weighted by atomic mass is 19.1. The Bertz CT molecular complexity index is 1240. The van der Waals surface area contributed by atoms with Crippen LogP contribution in [-0.4, -0.2) is 101 Å². The van der Waals surface area contributed by atoms with E-state index in [0.717, 1.165) is 32.4 Å². The number of alkyl halides is 1. The van der Waals surface area contributed by atoms with Crippen LogP contribution in [0.15, 0.2) is 41.8 Å². The van der Waals surface area contributed by atoms with Gasteiger partial charge in [0.05, 0.1) is 18.7 Å². The van der Waals surface area contributed by atoms with E-state index in [1.165, 1.54) is 35.5 Å². The van der Waals surface area contributed by atoms with Gasteiger partial charge in [-0.25, -0.2) is 14.4 Å². The Morgan fingerprint density at radius 3 is 2.75 bits per heavy atom. The molecular weight excluding hydrogens is 517 g/mol. The summed E-state index contributed by atoms with van der Waals surface area (Å²) in [5.41, 5.74) is 3.08. The molecule has 2 unspecified atom stereocenters. The summed E-state index contributed by atoms with van der Waals surface area (Å²) < 4.78 is 15.1. The molecule has 11 nitrogen and oxygen atoms in total. The molecule has 2 amide bonds. The third kappa shape index (κ3) is 6.92. The van der Waals surface area contributed by atoms with Crippen LogP contribution in [0, 0.1) is 5.92 Å². The van der Waals surface area contributed by atoms with E-state index in [4.69, 9.17) is 4.84 Å². The molecule has 1 saturated heterocycles. The summed E-state index contributed by atoms with van der Waals surface area (Å²) in [6.07, 6.45) is 2.27. The molecule has 1 aliphatic carbocycles. The summed E-state index contributed by atoms with van der Waals surface area (Å²) in [5.74, 6) is -0.315. The molecule has 3 heterocycles. The number of aliphatic hydroxyl groups is 1. The Kier molecular flexibility index (Phi) is 8.85. The van der Waals surface area contributed by atoms with Crippen molar-refractivity contribution in [1.82, 2.24) is 25.1 Å². The first-order valence-electron chi connectivity index (χ1n) is 13.8. The van der Waals surface area contributed by atoms with Gasteiger partial charge in [-0.1, -0.05) is 29.4 Å². The van der Waals surface area contributed by atoms with Crippen molar-refractivity contribution in [2.45, 2.75) is 50.5 Å². The maximum absolute atomic E-state index is 15.1. The minimum atomic E-state index is -1.33. The number of carbonyl (C=O) groups excluding carboxylic acids is 2. The van der Waals surface area contributed by atoms with Crippen LogP contribution in [-0.2, 0) is 22.6 Å². The Balaban J connectivity index is 1.09. The van der Waals surface area contributed by atoms with Crippen molar-refractivity contribution in [2.75, 3.05) is 45.2 Å². The summed E-state index contributed by atoms with van der Waals surface area (Å²) in [5, 5.41) is 20.2. The molecule has 0 bridgehead atoms. The Labute approximate surface area is 232 Å². The molecule has 3 atom stereocenters. The maximum atomic E-state index is 15.1. The summed E-state index contributed by atoms with van der Waals surface area (Å²) in [6.45, 7) is 2.46. The predicted molar refractivity (Wildman–Crippen MR) is 146 cm³/mol. The van der Waals surface area contributed by atoms with E-state index in [-0.39, 0.29) is 30.6 Å². The second-order valence-electron chi connectivity index (χ2n) is 10.6. The fourth-order valence-electron chi connectivity index (χ4n) is 5.28. The molecule has 1 aromatic heterocycles. The monoisotopic (exact) mass is 553 g/mol. The van der Waals surface area contributed by atoms with Gasteiger partial charge in [0.1, 0.15) is 36.8 Å². The molecule has 0 radical (unpaired) electrons. The van der Waals surface area contributed by atoms with Crippen molar-refractivity contribution >= 4 is 23.3 Å². The van der Waals surface area contributed by atoms with Crippen LogP contribution in [0.5, 0.6) is 0 Å². The van der Waals surface area contributed by atoms with Crippen LogP contribution in [0.3, 0.4) is 0 Å². The number of β-amino-alcohol motifs (C(OH)–C–C–N with tert-alkyl or cyclic N) is 1. The third-order valence-electron chi connectivity index (χ3n) is 7.61. The van der Waals surface area contributed by atoms with E-state index in [9.17, 15) is 14.7 Å². The van der Waals surface area contributed by atoms with Crippen LogP contribution in [0.1, 0.15) is 40.9 Å². The first kappa shape index (κ1) is 27.9. The van der Waals surface area contributed by atoms with Gasteiger partial charge in [-0.2, -0.15) is 0 Å². The van der Waals surface area contributed by atoms with Crippen molar-refractivity contribution in [3.63, 3.8) is 0 Å². The van der Waals surface area contributed by atoms with Gasteiger partial charge in [0, 0.05) is 44.7 Å². The molecule has 5 rings (SSSR count). The number of aromatic nitrogens is 2. The average molecular weight is 554 g/mol. The van der Waals surface area contributed by atoms with Crippen LogP contribution >= 0.6 is 0 Å². The lowest BCUT2D eigenvalue weighted by Gasteiger charge is -2.35. The van der Waals surface area contributed by atoms with E-state index >= 15 is 4.39 Å². The summed E-state index contributed by atoms with van der Waals surface area (Å²) in [4.78, 5) is 42.2. The number of anilines is 1. The highest BCUT2D eigenvalue weighted by Gasteiger charge is 2.39. The molecule has 2 aromatic rings. The molecule has 12 heteroatoms. The molecule has 3 aliphatic rings. The number of amides is 2. The zero-order valence-electron chi connectivity index (χ0n) is 22.6. The number of likely N-dealkylation sites (tertiary alicyclic amines) is 1. The van der Waals surface area contributed by atoms with Gasteiger partial charge in [0.15, 0.2) is 0 Å². The number of nitrogens with one attached hydrogen (secondary N) is 2. The maximum Gasteiger partial charge on any atom is 0.272 e. The SMILES string of the molecule is CO/N=C(\C(=O)N1CCC(Nc2cc(C(=O)NC[C@H](O)CN3CCc4ccccc4C3)ncn2)C(F)C1)C1CC1. The summed E-state index contributed by atoms with van der Waals surface area (Å²) in [7, 11) is 1.40. The number of aliphatic hydroxyl groups excluding tert-OH is 1. The van der Waals surface area contributed by atoms with E-state index in [0.29, 0.717) is 31.0 Å². The molecule has 40 heavy (non-hydrogen) atoms. The van der Waals surface area contributed by atoms with Crippen molar-refractivity contribution in [2.24, 2.45) is 11.1 Å². The number of benzene rings is 1. The zero-order valence-corrected chi connectivity index (χ0v) is 22.6. The van der Waals surface area contributed by atoms with E-state index in [1.807, 2.05) is 12.1 Å². The molecule has 3 N–H and O–H groups in total. The summed E-state index contributed by atoms with van der Waals surface area (Å²) in [6, 6.07) is 9.19. The fraction of sp³-hybridized carbons (Fsp3) is 0.536. The molecule has 214 valence electrons. The average Bonchev–Trinajstić information content (AvgIpc) is 3.81. The van der Waals surface area contributed by atoms with Gasteiger partial charge in [0.2, 0.25) is 0 Å². The number of hydrogen-bond donors (Lipinski definition) is 3. The second-order valence-corrected chi connectivity index (χ2v) is 10.6. The highest BCUT2D eigenvalue weighted by molar-refractivity contribution is 6.40. The highest BCUT2D eigenvalue weighted by Crippen LogP contribution is 2.32. The minimum Gasteiger partial charge on any atom is -0.399 e. The number of fused-ring (bicyclic) bond motifs is 1. The van der Waals surface area contributed by atoms with Crippen LogP contribution in [0.4, 0.5) is 10.2 Å². The molecule has 1 aromatic carbocycles. The smallest absolute Gasteiger partial charge is 0.272 e. The standard InChI is InChI=1S/C28H36FN7O4/c1-40-34-26(19-6-7-19)28(39)36-11-9-23(22(29)16-36)33-25-12-24(31-17-32-25)27(38)30-13-21(37)15-35-10-8-18-4-2-3-5-20(18)14-35/h2-5,12,17,19,21-23,37H,6-11,13-16H2,1H3,(H,30,38)(H,31,32,33)/b34-26-/t21-,22?,23?/m0/s1. The first-order chi connectivity index (χ1) is 19.4. The van der Waals surface area contributed by atoms with Gasteiger partial charge < -0.3 is 25.5 Å². The number of carbonyl (C=O) groups is 2. The third-order valence-corrected chi connectivity index (χ3v) is 7.61. The number of piperidine rings is 1. The van der Waals surface area contributed by atoms with Crippen molar-refractivity contribution < 1.29 is 23.9 Å². The molecule has 2 aliphatic heterocycles. The van der Waals surface area contributed by atoms with Gasteiger partial charge >= 0.3 is 0 Å². The van der Waals surface area contributed by atoms with Crippen LogP contribution < -0.4 is 10.6 Å². The van der Waals surface area contributed by atoms with E-state index in [1.54, 1.807) is 0 Å². The second kappa shape index (κ2) is 12.7.